The first-order valence-electron chi connectivity index (χ1n) is 9.01. The zero-order chi connectivity index (χ0) is 17.1. The van der Waals surface area contributed by atoms with E-state index in [4.69, 9.17) is 4.74 Å². The third kappa shape index (κ3) is 3.12. The quantitative estimate of drug-likeness (QED) is 0.834. The van der Waals surface area contributed by atoms with Gasteiger partial charge in [-0.05, 0) is 38.3 Å². The standard InChI is InChI=1S/C19H27N3O2/c1-4-13-24-16-11-8-12-22-17(16)20-14(2)18(22)21(3)19(23)15-9-6-5-7-10-15/h8,11-12,15H,4-7,9-10,13H2,1-3H3. The van der Waals surface area contributed by atoms with Crippen LogP contribution in [0, 0.1) is 12.8 Å². The largest absolute Gasteiger partial charge is 0.490 e. The Morgan fingerprint density at radius 3 is 2.83 bits per heavy atom. The van der Waals surface area contributed by atoms with E-state index >= 15 is 0 Å². The summed E-state index contributed by atoms with van der Waals surface area (Å²) in [6.45, 7) is 4.70. The highest BCUT2D eigenvalue weighted by atomic mass is 16.5. The summed E-state index contributed by atoms with van der Waals surface area (Å²) in [7, 11) is 1.87. The molecule has 0 radical (unpaired) electrons. The third-order valence-corrected chi connectivity index (χ3v) is 4.82. The Hall–Kier alpha value is -2.04. The third-order valence-electron chi connectivity index (χ3n) is 4.82. The number of ether oxygens (including phenoxy) is 1. The molecule has 130 valence electrons. The molecule has 0 spiro atoms. The SMILES string of the molecule is CCCOc1cccn2c(N(C)C(=O)C3CCCCC3)c(C)nc12. The average molecular weight is 329 g/mol. The maximum atomic E-state index is 12.9. The lowest BCUT2D eigenvalue weighted by Crippen LogP contribution is -2.35. The summed E-state index contributed by atoms with van der Waals surface area (Å²) in [5.74, 6) is 1.97. The maximum Gasteiger partial charge on any atom is 0.231 e. The Morgan fingerprint density at radius 1 is 1.38 bits per heavy atom. The van der Waals surface area contributed by atoms with E-state index in [1.807, 2.05) is 36.7 Å². The van der Waals surface area contributed by atoms with Crippen molar-refractivity contribution >= 4 is 17.4 Å². The average Bonchev–Trinajstić information content (AvgIpc) is 2.95. The van der Waals surface area contributed by atoms with E-state index in [2.05, 4.69) is 11.9 Å². The molecule has 1 amide bonds. The van der Waals surface area contributed by atoms with Crippen LogP contribution < -0.4 is 9.64 Å². The van der Waals surface area contributed by atoms with Crippen LogP contribution in [-0.4, -0.2) is 28.9 Å². The summed E-state index contributed by atoms with van der Waals surface area (Å²) in [4.78, 5) is 19.3. The molecule has 0 saturated heterocycles. The molecule has 0 aromatic carbocycles. The number of carbonyl (C=O) groups is 1. The summed E-state index contributed by atoms with van der Waals surface area (Å²) >= 11 is 0. The van der Waals surface area contributed by atoms with Gasteiger partial charge >= 0.3 is 0 Å². The number of imidazole rings is 1. The molecule has 1 aliphatic carbocycles. The molecule has 24 heavy (non-hydrogen) atoms. The fourth-order valence-electron chi connectivity index (χ4n) is 3.60. The van der Waals surface area contributed by atoms with Crippen molar-refractivity contribution in [3.8, 4) is 5.75 Å². The van der Waals surface area contributed by atoms with Crippen molar-refractivity contribution in [3.05, 3.63) is 24.0 Å². The topological polar surface area (TPSA) is 46.8 Å². The van der Waals surface area contributed by atoms with Crippen LogP contribution in [-0.2, 0) is 4.79 Å². The lowest BCUT2D eigenvalue weighted by molar-refractivity contribution is -0.123. The minimum absolute atomic E-state index is 0.147. The molecule has 1 saturated carbocycles. The van der Waals surface area contributed by atoms with E-state index < -0.39 is 0 Å². The van der Waals surface area contributed by atoms with Gasteiger partial charge in [-0.25, -0.2) is 4.98 Å². The van der Waals surface area contributed by atoms with Crippen molar-refractivity contribution in [1.82, 2.24) is 9.38 Å². The summed E-state index contributed by atoms with van der Waals surface area (Å²) < 4.78 is 7.78. The van der Waals surface area contributed by atoms with Crippen molar-refractivity contribution in [2.75, 3.05) is 18.6 Å². The maximum absolute atomic E-state index is 12.9. The fraction of sp³-hybridized carbons (Fsp3) is 0.579. The number of amides is 1. The molecular formula is C19H27N3O2. The van der Waals surface area contributed by atoms with E-state index in [1.54, 1.807) is 4.90 Å². The molecule has 5 heteroatoms. The van der Waals surface area contributed by atoms with E-state index in [9.17, 15) is 4.79 Å². The van der Waals surface area contributed by atoms with Gasteiger partial charge in [0.2, 0.25) is 5.91 Å². The molecule has 0 N–H and O–H groups in total. The Kier molecular flexibility index (Phi) is 5.07. The number of hydrogen-bond donors (Lipinski definition) is 0. The highest BCUT2D eigenvalue weighted by Gasteiger charge is 2.27. The Bertz CT molecular complexity index is 717. The van der Waals surface area contributed by atoms with Gasteiger partial charge in [0.25, 0.3) is 0 Å². The Labute approximate surface area is 143 Å². The first-order chi connectivity index (χ1) is 11.6. The Balaban J connectivity index is 1.93. The van der Waals surface area contributed by atoms with Gasteiger partial charge in [-0.15, -0.1) is 0 Å². The predicted octanol–water partition coefficient (Wildman–Crippen LogP) is 3.97. The van der Waals surface area contributed by atoms with Crippen LogP contribution >= 0.6 is 0 Å². The molecule has 1 fully saturated rings. The number of hydrogen-bond acceptors (Lipinski definition) is 3. The Morgan fingerprint density at radius 2 is 2.12 bits per heavy atom. The van der Waals surface area contributed by atoms with E-state index in [-0.39, 0.29) is 11.8 Å². The number of aryl methyl sites for hydroxylation is 1. The van der Waals surface area contributed by atoms with Gasteiger partial charge in [0.15, 0.2) is 11.4 Å². The normalized spacial score (nSPS) is 15.6. The zero-order valence-corrected chi connectivity index (χ0v) is 14.9. The van der Waals surface area contributed by atoms with Gasteiger partial charge < -0.3 is 4.74 Å². The number of rotatable bonds is 5. The summed E-state index contributed by atoms with van der Waals surface area (Å²) in [6.07, 6.45) is 8.48. The predicted molar refractivity (Wildman–Crippen MR) is 95.7 cm³/mol. The van der Waals surface area contributed by atoms with Crippen molar-refractivity contribution in [1.29, 1.82) is 0 Å². The minimum Gasteiger partial charge on any atom is -0.490 e. The number of anilines is 1. The van der Waals surface area contributed by atoms with Gasteiger partial charge in [-0.3, -0.25) is 14.1 Å². The molecule has 3 rings (SSSR count). The smallest absolute Gasteiger partial charge is 0.231 e. The second-order valence-corrected chi connectivity index (χ2v) is 6.67. The molecule has 0 unspecified atom stereocenters. The van der Waals surface area contributed by atoms with Crippen molar-refractivity contribution in [2.45, 2.75) is 52.4 Å². The monoisotopic (exact) mass is 329 g/mol. The van der Waals surface area contributed by atoms with Gasteiger partial charge in [0.05, 0.1) is 12.3 Å². The molecule has 5 nitrogen and oxygen atoms in total. The second kappa shape index (κ2) is 7.24. The lowest BCUT2D eigenvalue weighted by atomic mass is 9.88. The molecule has 0 bridgehead atoms. The number of aromatic nitrogens is 2. The van der Waals surface area contributed by atoms with Crippen molar-refractivity contribution in [2.24, 2.45) is 5.92 Å². The summed E-state index contributed by atoms with van der Waals surface area (Å²) in [5, 5.41) is 0. The van der Waals surface area contributed by atoms with E-state index in [0.717, 1.165) is 55.0 Å². The van der Waals surface area contributed by atoms with Crippen LogP contribution in [0.5, 0.6) is 5.75 Å². The molecule has 1 aliphatic rings. The van der Waals surface area contributed by atoms with Crippen LogP contribution in [0.15, 0.2) is 18.3 Å². The summed E-state index contributed by atoms with van der Waals surface area (Å²) in [6, 6.07) is 3.88. The highest BCUT2D eigenvalue weighted by molar-refractivity contribution is 5.95. The van der Waals surface area contributed by atoms with Crippen LogP contribution in [0.4, 0.5) is 5.82 Å². The molecule has 2 aromatic rings. The molecule has 2 heterocycles. The first-order valence-corrected chi connectivity index (χ1v) is 9.01. The van der Waals surface area contributed by atoms with Crippen LogP contribution in [0.1, 0.15) is 51.1 Å². The van der Waals surface area contributed by atoms with Gasteiger partial charge in [0.1, 0.15) is 5.82 Å². The number of fused-ring (bicyclic) bond motifs is 1. The molecule has 0 aliphatic heterocycles. The number of carbonyl (C=O) groups excluding carboxylic acids is 1. The van der Waals surface area contributed by atoms with Crippen LogP contribution in [0.25, 0.3) is 5.65 Å². The summed E-state index contributed by atoms with van der Waals surface area (Å²) in [5.41, 5.74) is 1.64. The van der Waals surface area contributed by atoms with Crippen LogP contribution in [0.2, 0.25) is 0 Å². The minimum atomic E-state index is 0.147. The van der Waals surface area contributed by atoms with Crippen molar-refractivity contribution in [3.63, 3.8) is 0 Å². The van der Waals surface area contributed by atoms with Crippen molar-refractivity contribution < 1.29 is 9.53 Å². The molecule has 0 atom stereocenters. The number of nitrogens with zero attached hydrogens (tertiary/aromatic N) is 3. The fourth-order valence-corrected chi connectivity index (χ4v) is 3.60. The second-order valence-electron chi connectivity index (χ2n) is 6.67. The zero-order valence-electron chi connectivity index (χ0n) is 14.9. The number of pyridine rings is 1. The van der Waals surface area contributed by atoms with Crippen LogP contribution in [0.3, 0.4) is 0 Å². The highest BCUT2D eigenvalue weighted by Crippen LogP contribution is 2.30. The molecular weight excluding hydrogens is 302 g/mol. The van der Waals surface area contributed by atoms with Gasteiger partial charge in [-0.2, -0.15) is 0 Å². The first kappa shape index (κ1) is 16.8. The van der Waals surface area contributed by atoms with E-state index in [0.29, 0.717) is 6.61 Å². The lowest BCUT2D eigenvalue weighted by Gasteiger charge is -2.26. The van der Waals surface area contributed by atoms with Gasteiger partial charge in [-0.1, -0.05) is 26.2 Å². The van der Waals surface area contributed by atoms with E-state index in [1.165, 1.54) is 6.42 Å². The molecule has 2 aromatic heterocycles. The van der Waals surface area contributed by atoms with Gasteiger partial charge in [0, 0.05) is 19.2 Å².